The maximum atomic E-state index is 5.70. The van der Waals surface area contributed by atoms with Crippen molar-refractivity contribution in [2.24, 2.45) is 11.7 Å². The fraction of sp³-hybridized carbons (Fsp3) is 0.520. The van der Waals surface area contributed by atoms with E-state index in [4.69, 9.17) is 5.73 Å². The molecule has 2 heteroatoms. The van der Waals surface area contributed by atoms with Gasteiger partial charge in [0.15, 0.2) is 0 Å². The van der Waals surface area contributed by atoms with Gasteiger partial charge in [-0.25, -0.2) is 0 Å². The summed E-state index contributed by atoms with van der Waals surface area (Å²) >= 11 is 0. The minimum Gasteiger partial charge on any atom is -0.330 e. The molecule has 0 aromatic heterocycles. The summed E-state index contributed by atoms with van der Waals surface area (Å²) in [6.45, 7) is 6.37. The molecule has 0 radical (unpaired) electrons. The topological polar surface area (TPSA) is 38.0 Å². The molecule has 0 spiro atoms. The molecule has 0 amide bonds. The number of benzene rings is 2. The SMILES string of the molecule is CCN[C@@H](C)C1CCCCC1.NCCC(c1ccccc1)c1ccccc1. The van der Waals surface area contributed by atoms with E-state index < -0.39 is 0 Å². The number of nitrogens with one attached hydrogen (secondary N) is 1. The Labute approximate surface area is 166 Å². The highest BCUT2D eigenvalue weighted by Gasteiger charge is 2.18. The van der Waals surface area contributed by atoms with E-state index in [9.17, 15) is 0 Å². The molecule has 1 atom stereocenters. The number of rotatable bonds is 7. The lowest BCUT2D eigenvalue weighted by Crippen LogP contribution is -2.34. The van der Waals surface area contributed by atoms with Gasteiger partial charge in [0.1, 0.15) is 0 Å². The zero-order valence-corrected chi connectivity index (χ0v) is 17.2. The van der Waals surface area contributed by atoms with Crippen LogP contribution in [0.15, 0.2) is 60.7 Å². The van der Waals surface area contributed by atoms with Crippen molar-refractivity contribution in [3.63, 3.8) is 0 Å². The second-order valence-electron chi connectivity index (χ2n) is 7.70. The summed E-state index contributed by atoms with van der Waals surface area (Å²) in [7, 11) is 0. The van der Waals surface area contributed by atoms with Crippen molar-refractivity contribution in [2.45, 2.75) is 64.3 Å². The summed E-state index contributed by atoms with van der Waals surface area (Å²) in [6, 6.07) is 21.9. The zero-order valence-electron chi connectivity index (χ0n) is 17.2. The van der Waals surface area contributed by atoms with Gasteiger partial charge in [-0.2, -0.15) is 0 Å². The Kier molecular flexibility index (Phi) is 10.2. The quantitative estimate of drug-likeness (QED) is 0.656. The molecule has 1 aliphatic rings. The molecule has 2 nitrogen and oxygen atoms in total. The van der Waals surface area contributed by atoms with E-state index >= 15 is 0 Å². The molecular weight excluding hydrogens is 328 g/mol. The van der Waals surface area contributed by atoms with Crippen molar-refractivity contribution in [3.05, 3.63) is 71.8 Å². The van der Waals surface area contributed by atoms with Gasteiger partial charge in [-0.15, -0.1) is 0 Å². The molecule has 2 aromatic rings. The summed E-state index contributed by atoms with van der Waals surface area (Å²) in [5, 5.41) is 3.52. The zero-order chi connectivity index (χ0) is 19.3. The van der Waals surface area contributed by atoms with Crippen molar-refractivity contribution in [3.8, 4) is 0 Å². The van der Waals surface area contributed by atoms with Crippen molar-refractivity contribution < 1.29 is 0 Å². The highest BCUT2D eigenvalue weighted by Crippen LogP contribution is 2.27. The van der Waals surface area contributed by atoms with Gasteiger partial charge in [0, 0.05) is 12.0 Å². The van der Waals surface area contributed by atoms with E-state index in [2.05, 4.69) is 67.7 Å². The van der Waals surface area contributed by atoms with Gasteiger partial charge in [0.25, 0.3) is 0 Å². The average molecular weight is 367 g/mol. The maximum absolute atomic E-state index is 5.70. The van der Waals surface area contributed by atoms with Gasteiger partial charge in [-0.1, -0.05) is 86.8 Å². The van der Waals surface area contributed by atoms with E-state index in [1.54, 1.807) is 0 Å². The van der Waals surface area contributed by atoms with E-state index in [1.807, 2.05) is 12.1 Å². The summed E-state index contributed by atoms with van der Waals surface area (Å²) in [6.07, 6.45) is 8.28. The predicted molar refractivity (Wildman–Crippen MR) is 118 cm³/mol. The second-order valence-corrected chi connectivity index (χ2v) is 7.70. The Morgan fingerprint density at radius 1 is 0.889 bits per heavy atom. The lowest BCUT2D eigenvalue weighted by molar-refractivity contribution is 0.284. The third-order valence-electron chi connectivity index (χ3n) is 5.74. The molecule has 0 bridgehead atoms. The average Bonchev–Trinajstić information content (AvgIpc) is 2.74. The van der Waals surface area contributed by atoms with E-state index in [-0.39, 0.29) is 0 Å². The largest absolute Gasteiger partial charge is 0.330 e. The third-order valence-corrected chi connectivity index (χ3v) is 5.74. The summed E-state index contributed by atoms with van der Waals surface area (Å²) < 4.78 is 0. The molecule has 1 fully saturated rings. The van der Waals surface area contributed by atoms with Crippen LogP contribution in [0.1, 0.15) is 69.4 Å². The molecule has 1 aliphatic carbocycles. The van der Waals surface area contributed by atoms with Gasteiger partial charge in [0.05, 0.1) is 0 Å². The normalized spacial score (nSPS) is 15.9. The maximum Gasteiger partial charge on any atom is 0.0101 e. The summed E-state index contributed by atoms with van der Waals surface area (Å²) in [4.78, 5) is 0. The van der Waals surface area contributed by atoms with Crippen molar-refractivity contribution in [2.75, 3.05) is 13.1 Å². The molecule has 1 saturated carbocycles. The minimum atomic E-state index is 0.424. The molecule has 27 heavy (non-hydrogen) atoms. The first-order valence-corrected chi connectivity index (χ1v) is 10.8. The standard InChI is InChI=1S/C15H17N.C10H21N/c16-12-11-15(13-7-3-1-4-8-13)14-9-5-2-6-10-14;1-3-11-9(2)10-7-5-4-6-8-10/h1-10,15H,11-12,16H2;9-11H,3-8H2,1-2H3/t;9-/m.0/s1. The first-order valence-electron chi connectivity index (χ1n) is 10.8. The van der Waals surface area contributed by atoms with Crippen LogP contribution >= 0.6 is 0 Å². The fourth-order valence-corrected chi connectivity index (χ4v) is 4.19. The Bertz CT molecular complexity index is 551. The fourth-order valence-electron chi connectivity index (χ4n) is 4.19. The van der Waals surface area contributed by atoms with Crippen molar-refractivity contribution in [1.82, 2.24) is 5.32 Å². The second kappa shape index (κ2) is 12.7. The van der Waals surface area contributed by atoms with Crippen LogP contribution in [0.5, 0.6) is 0 Å². The molecule has 2 aromatic carbocycles. The van der Waals surface area contributed by atoms with Gasteiger partial charge in [-0.05, 0) is 56.3 Å². The van der Waals surface area contributed by atoms with Gasteiger partial charge in [0.2, 0.25) is 0 Å². The summed E-state index contributed by atoms with van der Waals surface area (Å²) in [5.74, 6) is 1.39. The molecule has 0 heterocycles. The van der Waals surface area contributed by atoms with Gasteiger partial charge >= 0.3 is 0 Å². The third kappa shape index (κ3) is 7.48. The minimum absolute atomic E-state index is 0.424. The molecule has 0 saturated heterocycles. The van der Waals surface area contributed by atoms with E-state index in [1.165, 1.54) is 43.2 Å². The molecular formula is C25H38N2. The van der Waals surface area contributed by atoms with Crippen LogP contribution < -0.4 is 11.1 Å². The summed E-state index contributed by atoms with van der Waals surface area (Å²) in [5.41, 5.74) is 8.40. The Hall–Kier alpha value is -1.64. The number of nitrogens with two attached hydrogens (primary N) is 1. The Morgan fingerprint density at radius 2 is 1.41 bits per heavy atom. The predicted octanol–water partition coefficient (Wildman–Crippen LogP) is 5.73. The smallest absolute Gasteiger partial charge is 0.0101 e. The molecule has 148 valence electrons. The lowest BCUT2D eigenvalue weighted by Gasteiger charge is -2.27. The van der Waals surface area contributed by atoms with Gasteiger partial charge < -0.3 is 11.1 Å². The van der Waals surface area contributed by atoms with Crippen LogP contribution in [0.2, 0.25) is 0 Å². The lowest BCUT2D eigenvalue weighted by atomic mass is 9.84. The monoisotopic (exact) mass is 366 g/mol. The molecule has 3 N–H and O–H groups in total. The molecule has 0 unspecified atom stereocenters. The van der Waals surface area contributed by atoms with Crippen molar-refractivity contribution in [1.29, 1.82) is 0 Å². The molecule has 0 aliphatic heterocycles. The van der Waals surface area contributed by atoms with Crippen LogP contribution in [0.3, 0.4) is 0 Å². The van der Waals surface area contributed by atoms with E-state index in [0.29, 0.717) is 12.5 Å². The molecule has 3 rings (SSSR count). The van der Waals surface area contributed by atoms with Crippen LogP contribution in [0, 0.1) is 5.92 Å². The van der Waals surface area contributed by atoms with E-state index in [0.717, 1.165) is 24.9 Å². The van der Waals surface area contributed by atoms with Crippen molar-refractivity contribution >= 4 is 0 Å². The highest BCUT2D eigenvalue weighted by molar-refractivity contribution is 5.32. The van der Waals surface area contributed by atoms with Crippen LogP contribution in [0.4, 0.5) is 0 Å². The Balaban J connectivity index is 0.000000208. The van der Waals surface area contributed by atoms with Crippen LogP contribution in [0.25, 0.3) is 0 Å². The van der Waals surface area contributed by atoms with Gasteiger partial charge in [-0.3, -0.25) is 0 Å². The van der Waals surface area contributed by atoms with Crippen LogP contribution in [-0.4, -0.2) is 19.1 Å². The first-order chi connectivity index (χ1) is 13.3. The number of hydrogen-bond donors (Lipinski definition) is 2. The first kappa shape index (κ1) is 21.7. The number of hydrogen-bond acceptors (Lipinski definition) is 2. The Morgan fingerprint density at radius 3 is 1.85 bits per heavy atom. The highest BCUT2D eigenvalue weighted by atomic mass is 14.9. The van der Waals surface area contributed by atoms with Crippen LogP contribution in [-0.2, 0) is 0 Å².